The van der Waals surface area contributed by atoms with Crippen LogP contribution >= 0.6 is 34.8 Å². The fraction of sp³-hybridized carbons (Fsp3) is 0.214. The van der Waals surface area contributed by atoms with E-state index in [1.54, 1.807) is 25.1 Å². The maximum atomic E-state index is 7.90. The number of halogens is 3. The van der Waals surface area contributed by atoms with Crippen LogP contribution in [0.4, 0.5) is 96.7 Å². The molecule has 11 heteroatoms. The van der Waals surface area contributed by atoms with Gasteiger partial charge >= 0.3 is 0 Å². The summed E-state index contributed by atoms with van der Waals surface area (Å²) in [6, 6.07) is 116. The molecule has 14 aromatic carbocycles. The quantitative estimate of drug-likeness (QED) is 0.0968. The van der Waals surface area contributed by atoms with Crippen molar-refractivity contribution in [3.8, 4) is 0 Å². The van der Waals surface area contributed by atoms with Crippen LogP contribution in [0.25, 0.3) is 21.5 Å². The first-order valence-corrected chi connectivity index (χ1v) is 43.5. The van der Waals surface area contributed by atoms with Crippen LogP contribution in [0.1, 0.15) is 158 Å². The van der Waals surface area contributed by atoms with E-state index in [2.05, 4.69) is 427 Å². The monoisotopic (exact) mass is 1680 g/mol. The molecule has 0 saturated heterocycles. The number of hydrogen-bond donors (Lipinski definition) is 1. The fourth-order valence-electron chi connectivity index (χ4n) is 15.2. The second kappa shape index (κ2) is 36.1. The average Bonchev–Trinajstić information content (AvgIpc) is 1.20. The zero-order valence-electron chi connectivity index (χ0n) is 74.2. The van der Waals surface area contributed by atoms with Gasteiger partial charge in [-0.15, -0.1) is 0 Å². The van der Waals surface area contributed by atoms with Crippen LogP contribution in [-0.2, 0) is 32.5 Å². The maximum absolute atomic E-state index is 7.90. The molecular weight excluding hydrogens is 1570 g/mol. The molecule has 0 radical (unpaired) electrons. The zero-order chi connectivity index (χ0) is 87.3. The highest BCUT2D eigenvalue weighted by molar-refractivity contribution is 6.44. The molecule has 0 unspecified atom stereocenters. The van der Waals surface area contributed by atoms with Crippen molar-refractivity contribution in [3.05, 3.63) is 401 Å². The van der Waals surface area contributed by atoms with Crippen LogP contribution < -0.4 is 29.8 Å². The molecule has 0 spiro atoms. The van der Waals surface area contributed by atoms with E-state index in [-0.39, 0.29) is 32.5 Å². The Hall–Kier alpha value is -12.2. The van der Waals surface area contributed by atoms with E-state index in [1.807, 2.05) is 54.6 Å². The van der Waals surface area contributed by atoms with Gasteiger partial charge in [-0.25, -0.2) is 0 Å². The van der Waals surface area contributed by atoms with E-state index in [0.29, 0.717) is 15.1 Å². The third-order valence-corrected chi connectivity index (χ3v) is 23.6. The summed E-state index contributed by atoms with van der Waals surface area (Å²) >= 11 is 21.2. The first-order valence-electron chi connectivity index (χ1n) is 42.4. The molecule has 16 rings (SSSR count). The largest absolute Gasteiger partial charge is 0.471 e. The van der Waals surface area contributed by atoms with E-state index in [9.17, 15) is 0 Å². The number of furan rings is 2. The molecule has 0 aliphatic carbocycles. The molecule has 0 saturated carbocycles. The van der Waals surface area contributed by atoms with Gasteiger partial charge in [0.2, 0.25) is 0 Å². The molecular formula is C112H113Cl3N6O2. The van der Waals surface area contributed by atoms with Gasteiger partial charge < -0.3 is 38.7 Å². The highest BCUT2D eigenvalue weighted by atomic mass is 35.5. The topological polar surface area (TPSA) is 54.5 Å². The molecule has 0 aliphatic heterocycles. The van der Waals surface area contributed by atoms with Crippen molar-refractivity contribution in [2.45, 2.75) is 157 Å². The highest BCUT2D eigenvalue weighted by Gasteiger charge is 2.30. The van der Waals surface area contributed by atoms with Crippen molar-refractivity contribution in [2.75, 3.05) is 29.8 Å². The predicted octanol–water partition coefficient (Wildman–Crippen LogP) is 35.4. The highest BCUT2D eigenvalue weighted by Crippen LogP contribution is 2.52. The number of rotatable bonds is 17. The van der Waals surface area contributed by atoms with Crippen LogP contribution in [0.2, 0.25) is 15.1 Å². The van der Waals surface area contributed by atoms with E-state index >= 15 is 0 Å². The fourth-order valence-corrected chi connectivity index (χ4v) is 15.9. The Bertz CT molecular complexity index is 6130. The summed E-state index contributed by atoms with van der Waals surface area (Å²) < 4.78 is 11.0. The van der Waals surface area contributed by atoms with Gasteiger partial charge in [-0.3, -0.25) is 0 Å². The van der Waals surface area contributed by atoms with Crippen molar-refractivity contribution in [2.24, 2.45) is 0 Å². The molecule has 0 bridgehead atoms. The molecule has 1 N–H and O–H groups in total. The Morgan fingerprint density at radius 2 is 0.455 bits per heavy atom. The summed E-state index contributed by atoms with van der Waals surface area (Å²) in [5, 5.41) is 9.41. The molecule has 0 aliphatic rings. The van der Waals surface area contributed by atoms with Crippen molar-refractivity contribution in [3.63, 3.8) is 0 Å². The summed E-state index contributed by atoms with van der Waals surface area (Å²) in [6.45, 7) is 40.4. The number of nitrogens with zero attached hydrogens (tertiary/aromatic N) is 5. The van der Waals surface area contributed by atoms with Crippen LogP contribution in [0.5, 0.6) is 0 Å². The second-order valence-corrected chi connectivity index (χ2v) is 39.1. The Labute approximate surface area is 744 Å². The van der Waals surface area contributed by atoms with Crippen molar-refractivity contribution in [1.29, 1.82) is 0 Å². The molecule has 2 aromatic heterocycles. The third-order valence-electron chi connectivity index (χ3n) is 22.5. The molecule has 123 heavy (non-hydrogen) atoms. The summed E-state index contributed by atoms with van der Waals surface area (Å²) in [5.74, 6) is 0. The average molecular weight is 1680 g/mol. The lowest BCUT2D eigenvalue weighted by Gasteiger charge is -2.34. The van der Waals surface area contributed by atoms with Crippen LogP contribution in [0, 0.1) is 0 Å². The Kier molecular flexibility index (Phi) is 25.6. The van der Waals surface area contributed by atoms with Crippen LogP contribution in [-0.4, -0.2) is 0 Å². The number of nitrogens with one attached hydrogen (secondary N) is 1. The van der Waals surface area contributed by atoms with Crippen LogP contribution in [0.3, 0.4) is 0 Å². The minimum absolute atomic E-state index is 0.0373. The molecule has 16 aromatic rings. The van der Waals surface area contributed by atoms with Gasteiger partial charge in [0.1, 0.15) is 0 Å². The lowest BCUT2D eigenvalue weighted by molar-refractivity contribution is 0.572. The minimum Gasteiger partial charge on any atom is -0.471 e. The van der Waals surface area contributed by atoms with E-state index in [0.717, 1.165) is 129 Å². The number of benzene rings is 14. The predicted molar refractivity (Wildman–Crippen MR) is 529 cm³/mol. The number of fused-ring (bicyclic) bond motifs is 2. The summed E-state index contributed by atoms with van der Waals surface area (Å²) in [7, 11) is 0. The molecule has 2 heterocycles. The van der Waals surface area contributed by atoms with Gasteiger partial charge in [-0.2, -0.15) is 0 Å². The summed E-state index contributed by atoms with van der Waals surface area (Å²) in [6.07, 6.45) is 7.08. The van der Waals surface area contributed by atoms with E-state index in [4.69, 9.17) is 43.6 Å². The van der Waals surface area contributed by atoms with Crippen molar-refractivity contribution in [1.82, 2.24) is 0 Å². The van der Waals surface area contributed by atoms with Crippen molar-refractivity contribution >= 4 is 153 Å². The van der Waals surface area contributed by atoms with Gasteiger partial charge in [-0.1, -0.05) is 293 Å². The summed E-state index contributed by atoms with van der Waals surface area (Å²) in [4.78, 5) is 11.4. The Morgan fingerprint density at radius 3 is 0.797 bits per heavy atom. The van der Waals surface area contributed by atoms with Gasteiger partial charge in [0.15, 0.2) is 0 Å². The van der Waals surface area contributed by atoms with Gasteiger partial charge in [-0.05, 0) is 260 Å². The third kappa shape index (κ3) is 20.5. The van der Waals surface area contributed by atoms with Crippen molar-refractivity contribution < 1.29 is 8.83 Å². The smallest absolute Gasteiger partial charge is 0.0982 e. The second-order valence-electron chi connectivity index (χ2n) is 37.9. The standard InChI is InChI=1S/C56H56ClN3O.C32H36N2.C24H21Cl2NO/c1-54(2,3)41-24-29-46(30-25-41)58(47-31-26-42(27-32-47)55(4,5)6)48-21-16-22-49(36-48)59(44-17-12-10-13-18-44)51-34-43(56(7,8)9)35-52(53(51)57)60(45-19-14-11-15-20-45)50-28-23-39-37-61-38-40(39)33-50;1-31(2,3)24-15-19-28(20-16-24)34(29-21-17-25(18-22-29)32(4,5)6)30-14-10-13-27(23-30)33-26-11-8-7-9-12-26;1-24(2,3)18-12-21(25)23(26)22(13-18)27(19-7-5-4-6-8-19)20-10-9-16-14-28-15-17(16)11-20/h10-38H,1-9H3;7-23,33H,1-6H3;4-15H,1-3H3. The maximum Gasteiger partial charge on any atom is 0.0982 e. The normalized spacial score (nSPS) is 11.9. The molecule has 0 fully saturated rings. The number of hydrogen-bond acceptors (Lipinski definition) is 8. The molecule has 624 valence electrons. The Balaban J connectivity index is 0.000000167. The number of anilines is 17. The van der Waals surface area contributed by atoms with Crippen LogP contribution in [0.15, 0.2) is 361 Å². The first kappa shape index (κ1) is 87.2. The van der Waals surface area contributed by atoms with Gasteiger partial charge in [0.25, 0.3) is 0 Å². The molecule has 0 amide bonds. The lowest BCUT2D eigenvalue weighted by atomic mass is 9.86. The van der Waals surface area contributed by atoms with E-state index in [1.165, 1.54) is 22.3 Å². The number of para-hydroxylation sites is 4. The lowest BCUT2D eigenvalue weighted by Crippen LogP contribution is -2.19. The molecule has 8 nitrogen and oxygen atoms in total. The van der Waals surface area contributed by atoms with Gasteiger partial charge in [0.05, 0.1) is 57.2 Å². The molecule has 0 atom stereocenters. The summed E-state index contributed by atoms with van der Waals surface area (Å²) in [5.41, 5.74) is 24.9. The minimum atomic E-state index is -0.204. The SMILES string of the molecule is CC(C)(C)c1cc(Cl)c(Cl)c(N(c2ccccc2)c2ccc3cocc3c2)c1.CC(C)(C)c1ccc(N(c2ccc(C(C)(C)C)cc2)c2cccc(N(c3ccccc3)c3cc(C(C)(C)C)cc(N(c4ccccc4)c4ccc5cocc5c4)c3Cl)c2)cc1.CC(C)(C)c1ccc(N(c2ccc(C(C)(C)C)cc2)c2cccc(Nc3ccccc3)c2)cc1. The zero-order valence-corrected chi connectivity index (χ0v) is 76.4. The Morgan fingerprint density at radius 1 is 0.203 bits per heavy atom. The van der Waals surface area contributed by atoms with Gasteiger partial charge in [0, 0.05) is 101 Å². The first-order chi connectivity index (χ1) is 58.5. The van der Waals surface area contributed by atoms with E-state index < -0.39 is 0 Å².